The fourth-order valence-corrected chi connectivity index (χ4v) is 3.95. The van der Waals surface area contributed by atoms with Crippen LogP contribution in [0, 0.1) is 0 Å². The van der Waals surface area contributed by atoms with Gasteiger partial charge in [-0.1, -0.05) is 58.1 Å². The summed E-state index contributed by atoms with van der Waals surface area (Å²) in [5, 5.41) is 11.2. The molecule has 0 bridgehead atoms. The van der Waals surface area contributed by atoms with Gasteiger partial charge in [-0.05, 0) is 22.5 Å². The Hall–Kier alpha value is -3.38. The van der Waals surface area contributed by atoms with Gasteiger partial charge >= 0.3 is 0 Å². The fraction of sp³-hybridized carbons (Fsp3) is 0.440. The van der Waals surface area contributed by atoms with E-state index in [4.69, 9.17) is 14.2 Å². The normalized spacial score (nSPS) is 11.4. The summed E-state index contributed by atoms with van der Waals surface area (Å²) in [6.45, 7) is 11.9. The van der Waals surface area contributed by atoms with Gasteiger partial charge in [0.1, 0.15) is 19.3 Å². The predicted molar refractivity (Wildman–Crippen MR) is 150 cm³/mol. The Morgan fingerprint density at radius 3 is 2.35 bits per heavy atom. The molecule has 0 spiro atoms. The minimum absolute atomic E-state index is 0.0179. The van der Waals surface area contributed by atoms with Gasteiger partial charge in [0.2, 0.25) is 17.7 Å². The van der Waals surface area contributed by atoms with Crippen molar-refractivity contribution in [3.63, 3.8) is 0 Å². The molecule has 198 valence electrons. The van der Waals surface area contributed by atoms with Crippen LogP contribution < -0.4 is 35.6 Å². The molecule has 3 rings (SSSR count). The van der Waals surface area contributed by atoms with Crippen LogP contribution in [0.3, 0.4) is 0 Å². The maximum Gasteiger partial charge on any atom is 0.279 e. The Morgan fingerprint density at radius 2 is 1.76 bits per heavy atom. The largest absolute Gasteiger partial charge is 0.479 e. The number of hydrogen-bond donors (Lipinski definition) is 3. The van der Waals surface area contributed by atoms with Crippen molar-refractivity contribution < 1.29 is 19.0 Å². The van der Waals surface area contributed by atoms with Crippen molar-refractivity contribution in [3.05, 3.63) is 34.8 Å². The SMILES string of the molecule is Bc1ccc(C(C)(C)C)cc1Oc1nc(C(=O)Nc2c(OC)nc(NCCNC(C)C)nc2OC)cs1. The monoisotopic (exact) mass is 526 g/mol. The molecule has 37 heavy (non-hydrogen) atoms. The Kier molecular flexibility index (Phi) is 9.33. The van der Waals surface area contributed by atoms with Crippen LogP contribution in [0.2, 0.25) is 0 Å². The van der Waals surface area contributed by atoms with E-state index in [0.29, 0.717) is 29.5 Å². The first-order chi connectivity index (χ1) is 17.5. The molecule has 0 aliphatic carbocycles. The molecule has 0 unspecified atom stereocenters. The lowest BCUT2D eigenvalue weighted by molar-refractivity contribution is 0.102. The quantitative estimate of drug-likeness (QED) is 0.256. The van der Waals surface area contributed by atoms with Gasteiger partial charge in [-0.2, -0.15) is 15.0 Å². The van der Waals surface area contributed by atoms with Crippen molar-refractivity contribution >= 4 is 42.2 Å². The molecule has 3 aromatic rings. The number of ether oxygens (including phenoxy) is 3. The molecule has 1 aromatic carbocycles. The molecule has 0 aliphatic rings. The standard InChI is InChI=1S/C25H35BN6O4S/c1-14(2)27-10-11-28-23-31-21(34-6)19(22(32-23)35-7)30-20(33)17-13-37-24(29-17)36-18-12-15(25(3,4)5)8-9-16(18)26/h8-9,12-14,27H,10-11,26H2,1-7H3,(H,30,33)(H,28,31,32). The van der Waals surface area contributed by atoms with Crippen molar-refractivity contribution in [1.82, 2.24) is 20.3 Å². The second kappa shape index (κ2) is 12.2. The third-order valence-electron chi connectivity index (χ3n) is 5.40. The molecule has 1 amide bonds. The van der Waals surface area contributed by atoms with E-state index in [2.05, 4.69) is 71.6 Å². The Balaban J connectivity index is 1.74. The molecule has 10 nitrogen and oxygen atoms in total. The topological polar surface area (TPSA) is 120 Å². The van der Waals surface area contributed by atoms with Crippen LogP contribution in [0.5, 0.6) is 22.7 Å². The first-order valence-corrected chi connectivity index (χ1v) is 12.9. The third kappa shape index (κ3) is 7.56. The number of aromatic nitrogens is 3. The Morgan fingerprint density at radius 1 is 1.08 bits per heavy atom. The van der Waals surface area contributed by atoms with Crippen LogP contribution in [0.15, 0.2) is 23.6 Å². The van der Waals surface area contributed by atoms with Gasteiger partial charge in [0.15, 0.2) is 5.69 Å². The molecule has 0 saturated carbocycles. The van der Waals surface area contributed by atoms with E-state index < -0.39 is 5.91 Å². The maximum atomic E-state index is 13.0. The summed E-state index contributed by atoms with van der Waals surface area (Å²) in [6, 6.07) is 6.50. The van der Waals surface area contributed by atoms with Crippen LogP contribution in [0.25, 0.3) is 0 Å². The summed E-state index contributed by atoms with van der Waals surface area (Å²) in [4.78, 5) is 26.1. The number of carbonyl (C=O) groups is 1. The number of carbonyl (C=O) groups excluding carboxylic acids is 1. The fourth-order valence-electron chi connectivity index (χ4n) is 3.29. The highest BCUT2D eigenvalue weighted by Crippen LogP contribution is 2.34. The number of methoxy groups -OCH3 is 2. The van der Waals surface area contributed by atoms with Crippen molar-refractivity contribution in [2.45, 2.75) is 46.1 Å². The van der Waals surface area contributed by atoms with Gasteiger partial charge in [-0.15, -0.1) is 0 Å². The van der Waals surface area contributed by atoms with Crippen LogP contribution in [0.4, 0.5) is 11.6 Å². The average molecular weight is 526 g/mol. The number of benzene rings is 1. The zero-order chi connectivity index (χ0) is 27.2. The minimum atomic E-state index is -0.465. The van der Waals surface area contributed by atoms with Gasteiger partial charge in [0, 0.05) is 24.5 Å². The highest BCUT2D eigenvalue weighted by molar-refractivity contribution is 7.11. The molecular weight excluding hydrogens is 491 g/mol. The van der Waals surface area contributed by atoms with E-state index >= 15 is 0 Å². The van der Waals surface area contributed by atoms with Crippen LogP contribution in [-0.4, -0.2) is 62.1 Å². The average Bonchev–Trinajstić information content (AvgIpc) is 3.31. The molecular formula is C25H35BN6O4S. The summed E-state index contributed by atoms with van der Waals surface area (Å²) < 4.78 is 16.8. The number of hydrogen-bond acceptors (Lipinski definition) is 10. The van der Waals surface area contributed by atoms with Gasteiger partial charge in [-0.25, -0.2) is 0 Å². The van der Waals surface area contributed by atoms with Crippen LogP contribution in [-0.2, 0) is 5.41 Å². The predicted octanol–water partition coefficient (Wildman–Crippen LogP) is 2.96. The Labute approximate surface area is 223 Å². The molecule has 0 saturated heterocycles. The zero-order valence-corrected chi connectivity index (χ0v) is 23.5. The van der Waals surface area contributed by atoms with E-state index in [1.165, 1.54) is 25.6 Å². The summed E-state index contributed by atoms with van der Waals surface area (Å²) in [5.74, 6) is 0.904. The lowest BCUT2D eigenvalue weighted by Gasteiger charge is -2.20. The smallest absolute Gasteiger partial charge is 0.279 e. The molecule has 0 aliphatic heterocycles. The van der Waals surface area contributed by atoms with Crippen molar-refractivity contribution in [2.75, 3.05) is 37.9 Å². The summed E-state index contributed by atoms with van der Waals surface area (Å²) in [7, 11) is 4.90. The lowest BCUT2D eigenvalue weighted by Crippen LogP contribution is -2.28. The van der Waals surface area contributed by atoms with Crippen molar-refractivity contribution in [2.24, 2.45) is 0 Å². The molecule has 0 fully saturated rings. The van der Waals surface area contributed by atoms with Crippen LogP contribution in [0.1, 0.15) is 50.7 Å². The van der Waals surface area contributed by atoms with E-state index in [1.54, 1.807) is 5.38 Å². The molecule has 3 N–H and O–H groups in total. The first kappa shape index (κ1) is 28.2. The third-order valence-corrected chi connectivity index (χ3v) is 6.11. The van der Waals surface area contributed by atoms with Crippen LogP contribution >= 0.6 is 11.3 Å². The van der Waals surface area contributed by atoms with E-state index in [9.17, 15) is 4.79 Å². The zero-order valence-electron chi connectivity index (χ0n) is 22.7. The highest BCUT2D eigenvalue weighted by Gasteiger charge is 2.22. The van der Waals surface area contributed by atoms with E-state index in [1.807, 2.05) is 20.0 Å². The highest BCUT2D eigenvalue weighted by atomic mass is 32.1. The van der Waals surface area contributed by atoms with Crippen molar-refractivity contribution in [1.29, 1.82) is 0 Å². The first-order valence-electron chi connectivity index (χ1n) is 12.0. The van der Waals surface area contributed by atoms with E-state index in [0.717, 1.165) is 17.6 Å². The summed E-state index contributed by atoms with van der Waals surface area (Å²) in [6.07, 6.45) is 0. The number of nitrogens with zero attached hydrogens (tertiary/aromatic N) is 3. The maximum absolute atomic E-state index is 13.0. The summed E-state index contributed by atoms with van der Waals surface area (Å²) >= 11 is 1.24. The molecule has 2 aromatic heterocycles. The van der Waals surface area contributed by atoms with Gasteiger partial charge in [0.05, 0.1) is 14.2 Å². The number of nitrogens with one attached hydrogen (secondary N) is 3. The number of rotatable bonds is 11. The molecule has 2 heterocycles. The molecule has 0 radical (unpaired) electrons. The molecule has 12 heteroatoms. The van der Waals surface area contributed by atoms with Gasteiger partial charge < -0.3 is 30.2 Å². The van der Waals surface area contributed by atoms with E-state index in [-0.39, 0.29) is 28.6 Å². The van der Waals surface area contributed by atoms with Gasteiger partial charge in [0.25, 0.3) is 11.1 Å². The second-order valence-corrected chi connectivity index (χ2v) is 10.6. The lowest BCUT2D eigenvalue weighted by atomic mass is 9.84. The summed E-state index contributed by atoms with van der Waals surface area (Å²) in [5.41, 5.74) is 2.52. The number of amides is 1. The number of thiazole rings is 1. The minimum Gasteiger partial charge on any atom is -0.479 e. The second-order valence-electron chi connectivity index (χ2n) is 9.76. The van der Waals surface area contributed by atoms with Crippen molar-refractivity contribution in [3.8, 4) is 22.7 Å². The molecule has 0 atom stereocenters. The Bertz CT molecular complexity index is 1200. The number of anilines is 2. The van der Waals surface area contributed by atoms with Gasteiger partial charge in [-0.3, -0.25) is 4.79 Å².